The van der Waals surface area contributed by atoms with Gasteiger partial charge in [-0.1, -0.05) is 5.59 Å². The third-order valence-corrected chi connectivity index (χ3v) is 5.07. The van der Waals surface area contributed by atoms with Gasteiger partial charge in [0.15, 0.2) is 0 Å². The highest BCUT2D eigenvalue weighted by atomic mass is 19.4. The largest absolute Gasteiger partial charge is 0.573 e. The molecule has 1 atom stereocenters. The second-order valence-electron chi connectivity index (χ2n) is 7.23. The van der Waals surface area contributed by atoms with Crippen molar-refractivity contribution >= 4 is 11.6 Å². The van der Waals surface area contributed by atoms with Crippen LogP contribution in [0, 0.1) is 11.7 Å². The molecule has 10 heteroatoms. The lowest BCUT2D eigenvalue weighted by Crippen LogP contribution is -2.40. The van der Waals surface area contributed by atoms with Crippen LogP contribution in [0.15, 0.2) is 60.5 Å². The van der Waals surface area contributed by atoms with Crippen molar-refractivity contribution in [1.29, 1.82) is 0 Å². The maximum absolute atomic E-state index is 13.1. The second-order valence-corrected chi connectivity index (χ2v) is 7.23. The lowest BCUT2D eigenvalue weighted by atomic mass is 9.95. The van der Waals surface area contributed by atoms with E-state index in [1.165, 1.54) is 24.3 Å². The van der Waals surface area contributed by atoms with Gasteiger partial charge in [0, 0.05) is 24.6 Å². The fourth-order valence-corrected chi connectivity index (χ4v) is 3.58. The number of alkyl halides is 3. The summed E-state index contributed by atoms with van der Waals surface area (Å²) < 4.78 is 53.8. The zero-order valence-electron chi connectivity index (χ0n) is 16.2. The van der Waals surface area contributed by atoms with Crippen LogP contribution in [0.3, 0.4) is 0 Å². The first-order valence-electron chi connectivity index (χ1n) is 9.62. The molecule has 1 N–H and O–H groups in total. The summed E-state index contributed by atoms with van der Waals surface area (Å²) in [4.78, 5) is 20.0. The molecule has 164 valence electrons. The number of rotatable bonds is 4. The molecule has 0 unspecified atom stereocenters. The van der Waals surface area contributed by atoms with E-state index >= 15 is 0 Å². The summed E-state index contributed by atoms with van der Waals surface area (Å²) in [6.07, 6.45) is -1.46. The Bertz CT molecular complexity index is 961. The molecule has 2 aliphatic heterocycles. The predicted molar refractivity (Wildman–Crippen MR) is 103 cm³/mol. The van der Waals surface area contributed by atoms with Gasteiger partial charge in [-0.15, -0.1) is 13.2 Å². The highest BCUT2D eigenvalue weighted by Crippen LogP contribution is 2.30. The van der Waals surface area contributed by atoms with Crippen LogP contribution in [-0.2, 0) is 4.84 Å². The van der Waals surface area contributed by atoms with E-state index in [4.69, 9.17) is 4.84 Å². The van der Waals surface area contributed by atoms with Crippen LogP contribution >= 0.6 is 0 Å². The second kappa shape index (κ2) is 8.46. The van der Waals surface area contributed by atoms with E-state index < -0.39 is 6.36 Å². The van der Waals surface area contributed by atoms with Crippen molar-refractivity contribution in [1.82, 2.24) is 10.5 Å². The van der Waals surface area contributed by atoms with Crippen LogP contribution in [-0.4, -0.2) is 30.3 Å². The van der Waals surface area contributed by atoms with E-state index in [2.05, 4.69) is 10.3 Å². The number of likely N-dealkylation sites (tertiary alicyclic amines) is 1. The molecule has 0 aromatic heterocycles. The normalized spacial score (nSPS) is 19.1. The summed E-state index contributed by atoms with van der Waals surface area (Å²) in [6.45, 7) is 0.947. The Labute approximate surface area is 175 Å². The molecule has 2 aromatic carbocycles. The number of halogens is 4. The third kappa shape index (κ3) is 5.08. The average Bonchev–Trinajstić information content (AvgIpc) is 3.24. The molecule has 2 aliphatic rings. The van der Waals surface area contributed by atoms with E-state index in [0.717, 1.165) is 25.0 Å². The number of anilines is 1. The molecule has 0 radical (unpaired) electrons. The molecular formula is C21H19F4N3O3. The molecule has 1 fully saturated rings. The van der Waals surface area contributed by atoms with Gasteiger partial charge < -0.3 is 14.5 Å². The molecule has 1 amide bonds. The number of hydrogen-bond donors (Lipinski definition) is 1. The summed E-state index contributed by atoms with van der Waals surface area (Å²) in [5, 5.41) is 1.62. The summed E-state index contributed by atoms with van der Waals surface area (Å²) >= 11 is 0. The van der Waals surface area contributed by atoms with Gasteiger partial charge in [-0.3, -0.25) is 4.79 Å². The number of carbonyl (C=O) groups excluding carboxylic acids is 1. The van der Waals surface area contributed by atoms with Gasteiger partial charge in [-0.25, -0.2) is 9.40 Å². The molecule has 0 saturated carbocycles. The third-order valence-electron chi connectivity index (χ3n) is 5.07. The maximum atomic E-state index is 13.1. The summed E-state index contributed by atoms with van der Waals surface area (Å²) in [6, 6.07) is 10.8. The SMILES string of the molecule is O=C(c1ccc(OC(F)(F)F)cc1)N1CCC[C@H](C2=CN(c3ccc(F)cc3)NO2)C1. The number of benzene rings is 2. The Morgan fingerprint density at radius 1 is 1.10 bits per heavy atom. The summed E-state index contributed by atoms with van der Waals surface area (Å²) in [5.74, 6) is -0.394. The topological polar surface area (TPSA) is 54.0 Å². The predicted octanol–water partition coefficient (Wildman–Crippen LogP) is 4.37. The molecule has 4 rings (SSSR count). The van der Waals surface area contributed by atoms with Crippen molar-refractivity contribution in [2.24, 2.45) is 5.92 Å². The zero-order valence-corrected chi connectivity index (χ0v) is 16.2. The van der Waals surface area contributed by atoms with Gasteiger partial charge in [-0.2, -0.15) is 0 Å². The first kappa shape index (κ1) is 21.0. The minimum Gasteiger partial charge on any atom is -0.406 e. The smallest absolute Gasteiger partial charge is 0.406 e. The van der Waals surface area contributed by atoms with Crippen LogP contribution in [0.25, 0.3) is 0 Å². The van der Waals surface area contributed by atoms with Gasteiger partial charge in [0.2, 0.25) is 0 Å². The van der Waals surface area contributed by atoms with Crippen LogP contribution in [0.1, 0.15) is 23.2 Å². The Balaban J connectivity index is 1.41. The van der Waals surface area contributed by atoms with Crippen molar-refractivity contribution in [3.8, 4) is 5.75 Å². The van der Waals surface area contributed by atoms with Crippen molar-refractivity contribution < 1.29 is 31.9 Å². The molecule has 1 saturated heterocycles. The van der Waals surface area contributed by atoms with E-state index in [1.54, 1.807) is 28.2 Å². The van der Waals surface area contributed by atoms with Crippen LogP contribution in [0.5, 0.6) is 5.75 Å². The summed E-state index contributed by atoms with van der Waals surface area (Å²) in [5.41, 5.74) is 3.73. The molecule has 2 aromatic rings. The summed E-state index contributed by atoms with van der Waals surface area (Å²) in [7, 11) is 0. The van der Waals surface area contributed by atoms with Crippen molar-refractivity contribution in [2.45, 2.75) is 19.2 Å². The Kier molecular flexibility index (Phi) is 5.73. The monoisotopic (exact) mass is 437 g/mol. The zero-order chi connectivity index (χ0) is 22.0. The van der Waals surface area contributed by atoms with Gasteiger partial charge in [0.1, 0.15) is 17.3 Å². The average molecular weight is 437 g/mol. The number of hydrazine groups is 1. The molecule has 0 bridgehead atoms. The number of carbonyl (C=O) groups is 1. The maximum Gasteiger partial charge on any atom is 0.573 e. The highest BCUT2D eigenvalue weighted by Gasteiger charge is 2.32. The molecule has 2 heterocycles. The standard InChI is InChI=1S/C21H19F4N3O3/c22-16-5-7-17(8-6-16)28-13-19(31-26-28)15-2-1-11-27(12-15)20(29)14-3-9-18(10-4-14)30-21(23,24)25/h3-10,13,15,26H,1-2,11-12H2/t15-/m0/s1. The van der Waals surface area contributed by atoms with Gasteiger partial charge >= 0.3 is 6.36 Å². The van der Waals surface area contributed by atoms with Gasteiger partial charge in [0.05, 0.1) is 11.9 Å². The molecule has 31 heavy (non-hydrogen) atoms. The fourth-order valence-electron chi connectivity index (χ4n) is 3.58. The number of amides is 1. The highest BCUT2D eigenvalue weighted by molar-refractivity contribution is 5.94. The number of ether oxygens (including phenoxy) is 1. The molecule has 6 nitrogen and oxygen atoms in total. The van der Waals surface area contributed by atoms with Crippen LogP contribution in [0.4, 0.5) is 23.2 Å². The molecule has 0 spiro atoms. The van der Waals surface area contributed by atoms with Crippen molar-refractivity contribution in [3.63, 3.8) is 0 Å². The van der Waals surface area contributed by atoms with Gasteiger partial charge in [0.25, 0.3) is 5.91 Å². The molecule has 0 aliphatic carbocycles. The Morgan fingerprint density at radius 3 is 2.48 bits per heavy atom. The van der Waals surface area contributed by atoms with Crippen molar-refractivity contribution in [3.05, 3.63) is 71.9 Å². The van der Waals surface area contributed by atoms with E-state index in [1.807, 2.05) is 0 Å². The number of hydrogen-bond acceptors (Lipinski definition) is 5. The first-order valence-corrected chi connectivity index (χ1v) is 9.62. The number of nitrogens with one attached hydrogen (secondary N) is 1. The minimum atomic E-state index is -4.78. The van der Waals surface area contributed by atoms with Crippen molar-refractivity contribution in [2.75, 3.05) is 18.1 Å². The van der Waals surface area contributed by atoms with Crippen LogP contribution in [0.2, 0.25) is 0 Å². The van der Waals surface area contributed by atoms with E-state index in [9.17, 15) is 22.4 Å². The first-order chi connectivity index (χ1) is 14.8. The number of piperidine rings is 1. The minimum absolute atomic E-state index is 0.0523. The lowest BCUT2D eigenvalue weighted by Gasteiger charge is -2.32. The number of nitrogens with zero attached hydrogens (tertiary/aromatic N) is 2. The van der Waals surface area contributed by atoms with Gasteiger partial charge in [-0.05, 0) is 61.4 Å². The van der Waals surface area contributed by atoms with E-state index in [0.29, 0.717) is 24.5 Å². The molecular weight excluding hydrogens is 418 g/mol. The van der Waals surface area contributed by atoms with Crippen LogP contribution < -0.4 is 15.3 Å². The lowest BCUT2D eigenvalue weighted by molar-refractivity contribution is -0.274. The Hall–Kier alpha value is -3.27. The fraction of sp³-hybridized carbons (Fsp3) is 0.286. The quantitative estimate of drug-likeness (QED) is 0.720. The Morgan fingerprint density at radius 2 is 1.81 bits per heavy atom. The van der Waals surface area contributed by atoms with E-state index in [-0.39, 0.29) is 29.0 Å².